The van der Waals surface area contributed by atoms with Crippen LogP contribution in [0.4, 0.5) is 5.82 Å². The number of carbonyl (C=O) groups is 1. The summed E-state index contributed by atoms with van der Waals surface area (Å²) in [5.41, 5.74) is 17.7. The van der Waals surface area contributed by atoms with Gasteiger partial charge in [0.1, 0.15) is 5.82 Å². The highest BCUT2D eigenvalue weighted by atomic mass is 35.5. The molecular weight excluding hydrogens is 358 g/mol. The van der Waals surface area contributed by atoms with E-state index in [9.17, 15) is 4.79 Å². The van der Waals surface area contributed by atoms with Crippen LogP contribution >= 0.6 is 11.6 Å². The average Bonchev–Trinajstić information content (AvgIpc) is 2.67. The van der Waals surface area contributed by atoms with Crippen molar-refractivity contribution in [1.82, 2.24) is 4.98 Å². The van der Waals surface area contributed by atoms with Crippen LogP contribution in [0.15, 0.2) is 55.2 Å². The second kappa shape index (κ2) is 6.56. The van der Waals surface area contributed by atoms with Crippen LogP contribution in [0.3, 0.4) is 0 Å². The van der Waals surface area contributed by atoms with Gasteiger partial charge in [-0.3, -0.25) is 4.79 Å². The van der Waals surface area contributed by atoms with Gasteiger partial charge < -0.3 is 11.5 Å². The van der Waals surface area contributed by atoms with E-state index in [-0.39, 0.29) is 11.7 Å². The first-order chi connectivity index (χ1) is 13.0. The van der Waals surface area contributed by atoms with Gasteiger partial charge in [0.25, 0.3) is 5.91 Å². The SMILES string of the molecule is C=Cc1ccc(C2Cc3cnc(N)c(C(N)=O)c3-c3ccccc32)cc1Cl. The Bertz CT molecular complexity index is 1090. The maximum Gasteiger partial charge on any atom is 0.253 e. The molecule has 0 saturated carbocycles. The molecule has 1 aliphatic carbocycles. The Morgan fingerprint density at radius 2 is 2.04 bits per heavy atom. The van der Waals surface area contributed by atoms with Crippen molar-refractivity contribution in [3.63, 3.8) is 0 Å². The van der Waals surface area contributed by atoms with E-state index >= 15 is 0 Å². The summed E-state index contributed by atoms with van der Waals surface area (Å²) in [7, 11) is 0. The van der Waals surface area contributed by atoms with E-state index < -0.39 is 5.91 Å². The Hall–Kier alpha value is -3.11. The molecule has 1 amide bonds. The molecule has 0 fully saturated rings. The summed E-state index contributed by atoms with van der Waals surface area (Å²) in [5.74, 6) is -0.312. The second-order valence-electron chi connectivity index (χ2n) is 6.61. The van der Waals surface area contributed by atoms with E-state index in [0.717, 1.165) is 33.4 Å². The van der Waals surface area contributed by atoms with Crippen molar-refractivity contribution in [1.29, 1.82) is 0 Å². The van der Waals surface area contributed by atoms with E-state index in [1.54, 1.807) is 12.3 Å². The normalized spacial score (nSPS) is 14.9. The molecule has 5 heteroatoms. The summed E-state index contributed by atoms with van der Waals surface area (Å²) < 4.78 is 0. The largest absolute Gasteiger partial charge is 0.383 e. The first kappa shape index (κ1) is 17.3. The third-order valence-electron chi connectivity index (χ3n) is 5.11. The quantitative estimate of drug-likeness (QED) is 0.711. The number of nitrogens with two attached hydrogens (primary N) is 2. The summed E-state index contributed by atoms with van der Waals surface area (Å²) in [5, 5.41) is 0.666. The van der Waals surface area contributed by atoms with Gasteiger partial charge in [-0.15, -0.1) is 0 Å². The molecule has 134 valence electrons. The van der Waals surface area contributed by atoms with Gasteiger partial charge in [-0.1, -0.05) is 60.7 Å². The predicted octanol–water partition coefficient (Wildman–Crippen LogP) is 4.41. The second-order valence-corrected chi connectivity index (χ2v) is 7.02. The minimum Gasteiger partial charge on any atom is -0.383 e. The molecule has 4 rings (SSSR count). The fraction of sp³-hybridized carbons (Fsp3) is 0.0909. The first-order valence-corrected chi connectivity index (χ1v) is 8.97. The van der Waals surface area contributed by atoms with Gasteiger partial charge in [0.2, 0.25) is 0 Å². The highest BCUT2D eigenvalue weighted by Crippen LogP contribution is 2.45. The lowest BCUT2D eigenvalue weighted by Crippen LogP contribution is -2.21. The number of primary amides is 1. The van der Waals surface area contributed by atoms with Crippen molar-refractivity contribution in [2.75, 3.05) is 5.73 Å². The van der Waals surface area contributed by atoms with Crippen molar-refractivity contribution in [2.45, 2.75) is 12.3 Å². The molecule has 0 radical (unpaired) electrons. The van der Waals surface area contributed by atoms with Crippen molar-refractivity contribution in [3.8, 4) is 11.1 Å². The molecule has 1 heterocycles. The van der Waals surface area contributed by atoms with Crippen molar-refractivity contribution >= 4 is 29.4 Å². The molecule has 0 aliphatic heterocycles. The zero-order valence-corrected chi connectivity index (χ0v) is 15.3. The average molecular weight is 376 g/mol. The first-order valence-electron chi connectivity index (χ1n) is 8.59. The Morgan fingerprint density at radius 3 is 2.74 bits per heavy atom. The topological polar surface area (TPSA) is 82.0 Å². The van der Waals surface area contributed by atoms with Crippen LogP contribution in [0.2, 0.25) is 5.02 Å². The Morgan fingerprint density at radius 1 is 1.26 bits per heavy atom. The molecule has 0 bridgehead atoms. The van der Waals surface area contributed by atoms with Gasteiger partial charge in [0, 0.05) is 22.7 Å². The van der Waals surface area contributed by atoms with Crippen LogP contribution in [0.25, 0.3) is 17.2 Å². The zero-order valence-electron chi connectivity index (χ0n) is 14.6. The Labute approximate surface area is 162 Å². The fourth-order valence-electron chi connectivity index (χ4n) is 3.86. The number of aromatic nitrogens is 1. The summed E-state index contributed by atoms with van der Waals surface area (Å²) in [4.78, 5) is 16.2. The molecule has 3 aromatic rings. The third kappa shape index (κ3) is 2.78. The number of fused-ring (bicyclic) bond motifs is 3. The lowest BCUT2D eigenvalue weighted by atomic mass is 9.75. The molecule has 27 heavy (non-hydrogen) atoms. The van der Waals surface area contributed by atoms with Gasteiger partial charge in [-0.2, -0.15) is 0 Å². The lowest BCUT2D eigenvalue weighted by molar-refractivity contribution is 0.100. The highest BCUT2D eigenvalue weighted by molar-refractivity contribution is 6.32. The molecule has 2 aromatic carbocycles. The molecule has 0 spiro atoms. The van der Waals surface area contributed by atoms with Crippen LogP contribution in [-0.2, 0) is 6.42 Å². The number of rotatable bonds is 3. The van der Waals surface area contributed by atoms with Gasteiger partial charge in [-0.25, -0.2) is 4.98 Å². The third-order valence-corrected chi connectivity index (χ3v) is 5.44. The summed E-state index contributed by atoms with van der Waals surface area (Å²) >= 11 is 6.40. The van der Waals surface area contributed by atoms with Gasteiger partial charge >= 0.3 is 0 Å². The molecule has 4 nitrogen and oxygen atoms in total. The minimum absolute atomic E-state index is 0.0937. The summed E-state index contributed by atoms with van der Waals surface area (Å²) in [6.07, 6.45) is 4.16. The van der Waals surface area contributed by atoms with E-state index in [1.807, 2.05) is 30.3 Å². The Balaban J connectivity index is 1.94. The van der Waals surface area contributed by atoms with E-state index in [1.165, 1.54) is 0 Å². The summed E-state index contributed by atoms with van der Waals surface area (Å²) in [6.45, 7) is 3.79. The van der Waals surface area contributed by atoms with Crippen LogP contribution < -0.4 is 11.5 Å². The highest BCUT2D eigenvalue weighted by Gasteiger charge is 2.30. The van der Waals surface area contributed by atoms with Crippen LogP contribution in [-0.4, -0.2) is 10.9 Å². The summed E-state index contributed by atoms with van der Waals surface area (Å²) in [6, 6.07) is 14.0. The maximum atomic E-state index is 12.0. The predicted molar refractivity (Wildman–Crippen MR) is 110 cm³/mol. The molecule has 1 aliphatic rings. The van der Waals surface area contributed by atoms with Crippen molar-refractivity contribution in [3.05, 3.63) is 88.1 Å². The minimum atomic E-state index is -0.566. The van der Waals surface area contributed by atoms with Crippen molar-refractivity contribution in [2.24, 2.45) is 5.73 Å². The lowest BCUT2D eigenvalue weighted by Gasteiger charge is -2.29. The number of hydrogen-bond acceptors (Lipinski definition) is 3. The van der Waals surface area contributed by atoms with E-state index in [2.05, 4.69) is 23.7 Å². The maximum absolute atomic E-state index is 12.0. The van der Waals surface area contributed by atoms with Crippen LogP contribution in [0.1, 0.15) is 38.5 Å². The van der Waals surface area contributed by atoms with Gasteiger partial charge in [0.05, 0.1) is 5.56 Å². The molecule has 1 atom stereocenters. The molecular formula is C22H18ClN3O. The van der Waals surface area contributed by atoms with E-state index in [0.29, 0.717) is 17.0 Å². The fourth-order valence-corrected chi connectivity index (χ4v) is 4.12. The number of anilines is 1. The van der Waals surface area contributed by atoms with E-state index in [4.69, 9.17) is 23.1 Å². The number of benzene rings is 2. The van der Waals surface area contributed by atoms with Gasteiger partial charge in [0.15, 0.2) is 0 Å². The number of hydrogen-bond donors (Lipinski definition) is 2. The molecule has 1 unspecified atom stereocenters. The molecule has 0 saturated heterocycles. The van der Waals surface area contributed by atoms with Crippen LogP contribution in [0.5, 0.6) is 0 Å². The number of nitrogen functional groups attached to an aromatic ring is 1. The number of amides is 1. The van der Waals surface area contributed by atoms with Gasteiger partial charge in [-0.05, 0) is 40.3 Å². The number of nitrogens with zero attached hydrogens (tertiary/aromatic N) is 1. The van der Waals surface area contributed by atoms with Crippen LogP contribution in [0, 0.1) is 0 Å². The number of pyridine rings is 1. The molecule has 4 N–H and O–H groups in total. The standard InChI is InChI=1S/C22H18ClN3O/c1-2-12-7-8-13(10-18(12)23)17-9-14-11-26-21(24)20(22(25)27)19(14)16-6-4-3-5-15(16)17/h2-8,10-11,17H,1,9H2,(H2,24,26)(H2,25,27). The van der Waals surface area contributed by atoms with Crippen molar-refractivity contribution < 1.29 is 4.79 Å². The number of carbonyl (C=O) groups excluding carboxylic acids is 1. The number of halogens is 1. The Kier molecular flexibility index (Phi) is 4.21. The smallest absolute Gasteiger partial charge is 0.253 e. The molecule has 1 aromatic heterocycles. The zero-order chi connectivity index (χ0) is 19.1. The monoisotopic (exact) mass is 375 g/mol.